The van der Waals surface area contributed by atoms with Crippen LogP contribution in [-0.2, 0) is 4.79 Å². The highest BCUT2D eigenvalue weighted by atomic mass is 32.1. The number of aryl methyl sites for hydroxylation is 1. The van der Waals surface area contributed by atoms with E-state index in [1.54, 1.807) is 18.0 Å². The van der Waals surface area contributed by atoms with E-state index >= 15 is 0 Å². The minimum atomic E-state index is -0.124. The van der Waals surface area contributed by atoms with Gasteiger partial charge in [-0.05, 0) is 31.2 Å². The van der Waals surface area contributed by atoms with Crippen LogP contribution >= 0.6 is 11.3 Å². The maximum absolute atomic E-state index is 12.6. The maximum Gasteiger partial charge on any atom is 0.264 e. The molecule has 122 valence electrons. The first-order chi connectivity index (χ1) is 11.1. The molecule has 23 heavy (non-hydrogen) atoms. The molecule has 0 radical (unpaired) electrons. The van der Waals surface area contributed by atoms with Crippen molar-refractivity contribution in [3.05, 3.63) is 39.9 Å². The number of nitrogens with zero attached hydrogens (tertiary/aromatic N) is 3. The molecule has 0 aliphatic carbocycles. The van der Waals surface area contributed by atoms with Crippen molar-refractivity contribution in [3.63, 3.8) is 0 Å². The largest absolute Gasteiger partial charge is 0.361 e. The molecule has 1 fully saturated rings. The molecule has 1 aliphatic rings. The van der Waals surface area contributed by atoms with Gasteiger partial charge in [0, 0.05) is 19.7 Å². The second kappa shape index (κ2) is 6.54. The summed E-state index contributed by atoms with van der Waals surface area (Å²) in [6.07, 6.45) is 1.81. The Morgan fingerprint density at radius 2 is 2.35 bits per heavy atom. The van der Waals surface area contributed by atoms with Gasteiger partial charge in [-0.1, -0.05) is 11.2 Å². The average Bonchev–Trinajstić information content (AvgIpc) is 3.26. The molecule has 0 bridgehead atoms. The summed E-state index contributed by atoms with van der Waals surface area (Å²) in [4.78, 5) is 28.8. The Morgan fingerprint density at radius 1 is 1.52 bits per heavy atom. The summed E-state index contributed by atoms with van der Waals surface area (Å²) in [5.41, 5.74) is 0.792. The molecule has 0 aromatic carbocycles. The van der Waals surface area contributed by atoms with Crippen LogP contribution in [0.2, 0.25) is 0 Å². The Bertz CT molecular complexity index is 695. The fourth-order valence-corrected chi connectivity index (χ4v) is 3.59. The Balaban J connectivity index is 1.66. The SMILES string of the molecule is Cc1cc(C2CCCN2C(=O)CN(C)C(=O)c2cccs2)no1. The molecule has 2 aromatic heterocycles. The molecule has 3 heterocycles. The Kier molecular flexibility index (Phi) is 4.47. The van der Waals surface area contributed by atoms with Gasteiger partial charge in [0.1, 0.15) is 11.5 Å². The van der Waals surface area contributed by atoms with Gasteiger partial charge in [0.2, 0.25) is 5.91 Å². The third-order valence-electron chi connectivity index (χ3n) is 4.01. The molecule has 2 aromatic rings. The molecule has 1 unspecified atom stereocenters. The van der Waals surface area contributed by atoms with Gasteiger partial charge in [-0.2, -0.15) is 0 Å². The summed E-state index contributed by atoms with van der Waals surface area (Å²) in [5, 5.41) is 5.89. The van der Waals surface area contributed by atoms with E-state index in [4.69, 9.17) is 4.52 Å². The number of aromatic nitrogens is 1. The number of hydrogen-bond donors (Lipinski definition) is 0. The second-order valence-corrected chi connectivity index (χ2v) is 6.69. The van der Waals surface area contributed by atoms with E-state index in [0.717, 1.165) is 24.3 Å². The first-order valence-corrected chi connectivity index (χ1v) is 8.46. The van der Waals surface area contributed by atoms with Gasteiger partial charge in [-0.25, -0.2) is 0 Å². The van der Waals surface area contributed by atoms with Crippen molar-refractivity contribution in [1.29, 1.82) is 0 Å². The third-order valence-corrected chi connectivity index (χ3v) is 4.87. The van der Waals surface area contributed by atoms with Crippen LogP contribution in [0.3, 0.4) is 0 Å². The van der Waals surface area contributed by atoms with E-state index in [-0.39, 0.29) is 24.4 Å². The number of amides is 2. The zero-order valence-corrected chi connectivity index (χ0v) is 14.0. The predicted octanol–water partition coefficient (Wildman–Crippen LogP) is 2.48. The maximum atomic E-state index is 12.6. The molecule has 0 spiro atoms. The molecule has 7 heteroatoms. The molecule has 3 rings (SSSR count). The fraction of sp³-hybridized carbons (Fsp3) is 0.438. The number of likely N-dealkylation sites (tertiary alicyclic amines) is 1. The molecule has 1 atom stereocenters. The molecule has 1 saturated heterocycles. The Labute approximate surface area is 138 Å². The zero-order chi connectivity index (χ0) is 16.4. The van der Waals surface area contributed by atoms with Gasteiger partial charge in [-0.15, -0.1) is 11.3 Å². The van der Waals surface area contributed by atoms with Crippen LogP contribution in [-0.4, -0.2) is 46.9 Å². The van der Waals surface area contributed by atoms with Gasteiger partial charge in [0.05, 0.1) is 17.5 Å². The van der Waals surface area contributed by atoms with Crippen molar-refractivity contribution in [1.82, 2.24) is 15.0 Å². The third kappa shape index (κ3) is 3.29. The summed E-state index contributed by atoms with van der Waals surface area (Å²) in [7, 11) is 1.66. The first-order valence-electron chi connectivity index (χ1n) is 7.58. The molecule has 2 amide bonds. The predicted molar refractivity (Wildman–Crippen MR) is 86.2 cm³/mol. The van der Waals surface area contributed by atoms with Crippen LogP contribution in [0.25, 0.3) is 0 Å². The van der Waals surface area contributed by atoms with Crippen LogP contribution in [0.5, 0.6) is 0 Å². The standard InChI is InChI=1S/C16H19N3O3S/c1-11-9-12(17-22-11)13-5-3-7-19(13)15(20)10-18(2)16(21)14-6-4-8-23-14/h4,6,8-9,13H,3,5,7,10H2,1-2H3. The fourth-order valence-electron chi connectivity index (χ4n) is 2.87. The summed E-state index contributed by atoms with van der Waals surface area (Å²) in [6.45, 7) is 2.60. The van der Waals surface area contributed by atoms with Crippen molar-refractivity contribution < 1.29 is 14.1 Å². The van der Waals surface area contributed by atoms with Gasteiger partial charge in [-0.3, -0.25) is 9.59 Å². The van der Waals surface area contributed by atoms with Crippen molar-refractivity contribution in [2.75, 3.05) is 20.1 Å². The van der Waals surface area contributed by atoms with Crippen molar-refractivity contribution in [2.45, 2.75) is 25.8 Å². The summed E-state index contributed by atoms with van der Waals surface area (Å²) >= 11 is 1.38. The number of likely N-dealkylation sites (N-methyl/N-ethyl adjacent to an activating group) is 1. The van der Waals surface area contributed by atoms with E-state index in [2.05, 4.69) is 5.16 Å². The Morgan fingerprint density at radius 3 is 3.00 bits per heavy atom. The van der Waals surface area contributed by atoms with Crippen molar-refractivity contribution >= 4 is 23.2 Å². The van der Waals surface area contributed by atoms with Gasteiger partial charge in [0.25, 0.3) is 5.91 Å². The van der Waals surface area contributed by atoms with E-state index in [0.29, 0.717) is 11.4 Å². The topological polar surface area (TPSA) is 66.7 Å². The highest BCUT2D eigenvalue weighted by Crippen LogP contribution is 2.31. The van der Waals surface area contributed by atoms with Crippen molar-refractivity contribution in [2.24, 2.45) is 0 Å². The molecular formula is C16H19N3O3S. The minimum Gasteiger partial charge on any atom is -0.361 e. The quantitative estimate of drug-likeness (QED) is 0.862. The number of thiophene rings is 1. The van der Waals surface area contributed by atoms with E-state index in [1.165, 1.54) is 16.2 Å². The molecule has 1 aliphatic heterocycles. The van der Waals surface area contributed by atoms with Crippen LogP contribution in [0.4, 0.5) is 0 Å². The number of carbonyl (C=O) groups is 2. The van der Waals surface area contributed by atoms with E-state index in [9.17, 15) is 9.59 Å². The van der Waals surface area contributed by atoms with Gasteiger partial charge < -0.3 is 14.3 Å². The lowest BCUT2D eigenvalue weighted by atomic mass is 10.1. The normalized spacial score (nSPS) is 17.5. The van der Waals surface area contributed by atoms with Crippen LogP contribution in [0.1, 0.15) is 40.0 Å². The monoisotopic (exact) mass is 333 g/mol. The van der Waals surface area contributed by atoms with Crippen LogP contribution < -0.4 is 0 Å². The highest BCUT2D eigenvalue weighted by Gasteiger charge is 2.32. The highest BCUT2D eigenvalue weighted by molar-refractivity contribution is 7.12. The van der Waals surface area contributed by atoms with E-state index in [1.807, 2.05) is 24.4 Å². The van der Waals surface area contributed by atoms with E-state index < -0.39 is 0 Å². The summed E-state index contributed by atoms with van der Waals surface area (Å²) in [5.74, 6) is 0.561. The molecule has 0 N–H and O–H groups in total. The average molecular weight is 333 g/mol. The van der Waals surface area contributed by atoms with Gasteiger partial charge >= 0.3 is 0 Å². The Hall–Kier alpha value is -2.15. The first kappa shape index (κ1) is 15.7. The second-order valence-electron chi connectivity index (χ2n) is 5.75. The molecule has 6 nitrogen and oxygen atoms in total. The van der Waals surface area contributed by atoms with Crippen LogP contribution in [0, 0.1) is 6.92 Å². The lowest BCUT2D eigenvalue weighted by Gasteiger charge is -2.25. The van der Waals surface area contributed by atoms with Crippen molar-refractivity contribution in [3.8, 4) is 0 Å². The zero-order valence-electron chi connectivity index (χ0n) is 13.2. The number of rotatable bonds is 4. The lowest BCUT2D eigenvalue weighted by Crippen LogP contribution is -2.40. The lowest BCUT2D eigenvalue weighted by molar-refractivity contribution is -0.132. The minimum absolute atomic E-state index is 0.0508. The smallest absolute Gasteiger partial charge is 0.264 e. The molecule has 0 saturated carbocycles. The summed E-state index contributed by atoms with van der Waals surface area (Å²) in [6, 6.07) is 5.42. The number of hydrogen-bond acceptors (Lipinski definition) is 5. The van der Waals surface area contributed by atoms with Gasteiger partial charge in [0.15, 0.2) is 0 Å². The van der Waals surface area contributed by atoms with Crippen LogP contribution in [0.15, 0.2) is 28.1 Å². The summed E-state index contributed by atoms with van der Waals surface area (Å²) < 4.78 is 5.12. The number of carbonyl (C=O) groups excluding carboxylic acids is 2. The molecular weight excluding hydrogens is 314 g/mol.